The Morgan fingerprint density at radius 2 is 1.81 bits per heavy atom. The second-order valence-electron chi connectivity index (χ2n) is 8.58. The van der Waals surface area contributed by atoms with E-state index in [1.54, 1.807) is 26.0 Å². The molecule has 1 saturated carbocycles. The third-order valence-electron chi connectivity index (χ3n) is 5.33. The van der Waals surface area contributed by atoms with Gasteiger partial charge in [0.05, 0.1) is 57.5 Å². The van der Waals surface area contributed by atoms with Crippen molar-refractivity contribution in [3.8, 4) is 12.1 Å². The maximum absolute atomic E-state index is 12.7. The van der Waals surface area contributed by atoms with Crippen LogP contribution in [0, 0.1) is 34.0 Å². The highest BCUT2D eigenvalue weighted by Gasteiger charge is 2.59. The van der Waals surface area contributed by atoms with Crippen LogP contribution in [0.5, 0.6) is 0 Å². The van der Waals surface area contributed by atoms with E-state index in [4.69, 9.17) is 39.0 Å². The van der Waals surface area contributed by atoms with E-state index in [9.17, 15) is 20.0 Å². The molecule has 1 aliphatic carbocycles. The number of nitrogens with zero attached hydrogens (tertiary/aromatic N) is 2. The monoisotopic (exact) mass is 450 g/mol. The molecule has 31 heavy (non-hydrogen) atoms. The van der Waals surface area contributed by atoms with Gasteiger partial charge in [-0.3, -0.25) is 9.05 Å². The van der Waals surface area contributed by atoms with E-state index >= 15 is 0 Å². The molecule has 12 heteroatoms. The van der Waals surface area contributed by atoms with Crippen molar-refractivity contribution in [3.63, 3.8) is 0 Å². The lowest BCUT2D eigenvalue weighted by Gasteiger charge is -2.28. The van der Waals surface area contributed by atoms with Crippen LogP contribution in [0.4, 0.5) is 0 Å². The van der Waals surface area contributed by atoms with E-state index < -0.39 is 31.4 Å². The molecule has 0 aromatic carbocycles. The number of rotatable bonds is 10. The predicted octanol–water partition coefficient (Wildman–Crippen LogP) is 2.00. The summed E-state index contributed by atoms with van der Waals surface area (Å²) in [4.78, 5) is 10.4. The van der Waals surface area contributed by atoms with Gasteiger partial charge in [-0.2, -0.15) is 10.5 Å². The summed E-state index contributed by atoms with van der Waals surface area (Å²) in [6.07, 6.45) is -1.67. The summed E-state index contributed by atoms with van der Waals surface area (Å²) in [6.45, 7) is 7.16. The molecule has 0 aromatic rings. The Balaban J connectivity index is 2.11. The fourth-order valence-electron chi connectivity index (χ4n) is 3.85. The van der Waals surface area contributed by atoms with Gasteiger partial charge in [-0.15, -0.1) is 0 Å². The second kappa shape index (κ2) is 10.8. The van der Waals surface area contributed by atoms with Gasteiger partial charge in [0.2, 0.25) is 0 Å². The van der Waals surface area contributed by atoms with Gasteiger partial charge in [-0.1, -0.05) is 12.2 Å². The first-order chi connectivity index (χ1) is 14.4. The minimum absolute atomic E-state index is 0.0271. The molecule has 2 aliphatic rings. The van der Waals surface area contributed by atoms with Crippen molar-refractivity contribution in [2.45, 2.75) is 82.9 Å². The van der Waals surface area contributed by atoms with Crippen molar-refractivity contribution < 1.29 is 32.7 Å². The zero-order chi connectivity index (χ0) is 23.4. The van der Waals surface area contributed by atoms with Gasteiger partial charge in [0.15, 0.2) is 5.41 Å². The lowest BCUT2D eigenvalue weighted by atomic mass is 9.72. The molecule has 1 saturated heterocycles. The highest BCUT2D eigenvalue weighted by atomic mass is 31.2. The summed E-state index contributed by atoms with van der Waals surface area (Å²) in [5, 5.41) is 19.2. The van der Waals surface area contributed by atoms with Crippen LogP contribution in [0.1, 0.15) is 40.5 Å². The fourth-order valence-corrected chi connectivity index (χ4v) is 4.88. The molecule has 2 rings (SSSR count). The Kier molecular flexibility index (Phi) is 9.19. The highest BCUT2D eigenvalue weighted by molar-refractivity contribution is 7.47. The van der Waals surface area contributed by atoms with Gasteiger partial charge in [0.1, 0.15) is 20.1 Å². The zero-order valence-electron chi connectivity index (χ0n) is 18.3. The average molecular weight is 450 g/mol. The summed E-state index contributed by atoms with van der Waals surface area (Å²) in [5.41, 5.74) is -1.99. The molecule has 9 nitrogen and oxygen atoms in total. The van der Waals surface area contributed by atoms with E-state index in [1.807, 2.05) is 13.8 Å². The summed E-state index contributed by atoms with van der Waals surface area (Å²) in [5.74, 6) is -0.291. The molecule has 4 radical (unpaired) electrons. The molecule has 1 aliphatic heterocycles. The lowest BCUT2D eigenvalue weighted by molar-refractivity contribution is -0.0515. The molecule has 0 spiro atoms. The summed E-state index contributed by atoms with van der Waals surface area (Å²) >= 11 is 0. The summed E-state index contributed by atoms with van der Waals surface area (Å²) < 4.78 is 40.1. The van der Waals surface area contributed by atoms with Crippen LogP contribution in [0.3, 0.4) is 0 Å². The largest absolute Gasteiger partial charge is 0.472 e. The van der Waals surface area contributed by atoms with Gasteiger partial charge in [0, 0.05) is 5.92 Å². The van der Waals surface area contributed by atoms with Crippen molar-refractivity contribution in [1.82, 2.24) is 0 Å². The fraction of sp³-hybridized carbons (Fsp3) is 0.895. The van der Waals surface area contributed by atoms with Crippen LogP contribution in [0.2, 0.25) is 5.82 Å². The topological polar surface area (TPSA) is 131 Å². The van der Waals surface area contributed by atoms with Gasteiger partial charge in [-0.25, -0.2) is 4.57 Å². The Morgan fingerprint density at radius 3 is 2.35 bits per heavy atom. The van der Waals surface area contributed by atoms with Crippen LogP contribution in [-0.2, 0) is 27.8 Å². The molecular weight excluding hydrogens is 421 g/mol. The van der Waals surface area contributed by atoms with Crippen LogP contribution in [-0.4, -0.2) is 70.3 Å². The molecule has 7 atom stereocenters. The molecule has 2 unspecified atom stereocenters. The van der Waals surface area contributed by atoms with Crippen molar-refractivity contribution >= 4 is 23.5 Å². The number of phosphoric ester groups is 1. The normalized spacial score (nSPS) is 34.5. The average Bonchev–Trinajstić information content (AvgIpc) is 3.14. The molecule has 0 aromatic heterocycles. The van der Waals surface area contributed by atoms with Crippen LogP contribution < -0.4 is 0 Å². The summed E-state index contributed by atoms with van der Waals surface area (Å²) in [6, 6.07) is 2.22. The van der Waals surface area contributed by atoms with Gasteiger partial charge in [-0.05, 0) is 34.1 Å². The Morgan fingerprint density at radius 1 is 1.16 bits per heavy atom. The van der Waals surface area contributed by atoms with E-state index in [0.29, 0.717) is 12.8 Å². The zero-order valence-corrected chi connectivity index (χ0v) is 19.2. The second-order valence-corrected chi connectivity index (χ2v) is 9.98. The van der Waals surface area contributed by atoms with Gasteiger partial charge < -0.3 is 19.1 Å². The van der Waals surface area contributed by atoms with Crippen LogP contribution in [0.25, 0.3) is 0 Å². The number of hydrogen-bond acceptors (Lipinski definition) is 8. The van der Waals surface area contributed by atoms with Crippen molar-refractivity contribution in [2.24, 2.45) is 11.3 Å². The first-order valence-electron chi connectivity index (χ1n) is 10.4. The molecule has 2 fully saturated rings. The molecule has 1 heterocycles. The summed E-state index contributed by atoms with van der Waals surface area (Å²) in [7, 11) is 7.18. The Bertz CT molecular complexity index is 728. The van der Waals surface area contributed by atoms with Gasteiger partial charge >= 0.3 is 7.82 Å². The standard InChI is InChI=1S/C19H29B2N2O7P/c1-11(2)26-8-16-17(19(9-22,10-23)18(21)29-16)30-31(24,25)27-7-13-5-14(20)6-15(13)28-12(3)4/h11-18H,5-8H2,1-4H3,(H,24,25)/t13-,14-,15?,16-,17+,18-/m1/s1. The number of phosphoric acid groups is 1. The highest BCUT2D eigenvalue weighted by Crippen LogP contribution is 2.52. The Hall–Kier alpha value is -0.900. The SMILES string of the molecule is [B][C@H]1CC(OC(C)C)[C@@H](COP(=O)(O)O[C@H]2[C@@H](COC(C)C)O[C@@H]([B])C2(C#N)C#N)C1. The molecule has 1 N–H and O–H groups in total. The molecule has 168 valence electrons. The minimum Gasteiger partial charge on any atom is -0.377 e. The smallest absolute Gasteiger partial charge is 0.377 e. The van der Waals surface area contributed by atoms with E-state index in [0.717, 1.165) is 0 Å². The minimum atomic E-state index is -4.68. The molecular formula is C19H29B2N2O7P. The van der Waals surface area contributed by atoms with Crippen LogP contribution in [0.15, 0.2) is 0 Å². The maximum Gasteiger partial charge on any atom is 0.472 e. The third-order valence-corrected chi connectivity index (χ3v) is 6.30. The van der Waals surface area contributed by atoms with Crippen molar-refractivity contribution in [2.75, 3.05) is 13.2 Å². The lowest BCUT2D eigenvalue weighted by Crippen LogP contribution is -2.42. The number of ether oxygens (including phenoxy) is 3. The van der Waals surface area contributed by atoms with Crippen LogP contribution >= 0.6 is 7.82 Å². The number of nitriles is 2. The van der Waals surface area contributed by atoms with E-state index in [2.05, 4.69) is 0 Å². The molecule has 0 bridgehead atoms. The maximum atomic E-state index is 12.7. The first kappa shape index (κ1) is 26.4. The van der Waals surface area contributed by atoms with Crippen molar-refractivity contribution in [3.05, 3.63) is 0 Å². The quantitative estimate of drug-likeness (QED) is 0.392. The predicted molar refractivity (Wildman–Crippen MR) is 112 cm³/mol. The number of hydrogen-bond donors (Lipinski definition) is 1. The third kappa shape index (κ3) is 6.55. The van der Waals surface area contributed by atoms with Gasteiger partial charge in [0.25, 0.3) is 0 Å². The molecule has 0 amide bonds. The van der Waals surface area contributed by atoms with Crippen molar-refractivity contribution in [1.29, 1.82) is 10.5 Å². The van der Waals surface area contributed by atoms with E-state index in [-0.39, 0.29) is 43.3 Å². The first-order valence-corrected chi connectivity index (χ1v) is 11.9. The van der Waals surface area contributed by atoms with E-state index in [1.165, 1.54) is 0 Å². The Labute approximate surface area is 186 Å².